The standard InChI is InChI=1S/C15H17NO/c1-12-4-6-14(7-5-12)15(11-17)9-13-3-2-8-16-10-13/h2-8,10,15,17H,9,11H2,1H3. The summed E-state index contributed by atoms with van der Waals surface area (Å²) in [5.74, 6) is 0.153. The van der Waals surface area contributed by atoms with Crippen molar-refractivity contribution in [2.75, 3.05) is 6.61 Å². The van der Waals surface area contributed by atoms with Crippen LogP contribution in [0.2, 0.25) is 0 Å². The lowest BCUT2D eigenvalue weighted by atomic mass is 9.93. The largest absolute Gasteiger partial charge is 0.396 e. The summed E-state index contributed by atoms with van der Waals surface area (Å²) in [5, 5.41) is 9.49. The van der Waals surface area contributed by atoms with Crippen molar-refractivity contribution >= 4 is 0 Å². The Kier molecular flexibility index (Phi) is 3.89. The van der Waals surface area contributed by atoms with Crippen LogP contribution in [0.15, 0.2) is 48.8 Å². The van der Waals surface area contributed by atoms with Gasteiger partial charge in [0.25, 0.3) is 0 Å². The second kappa shape index (κ2) is 5.60. The second-order valence-electron chi connectivity index (χ2n) is 4.36. The lowest BCUT2D eigenvalue weighted by Crippen LogP contribution is -2.07. The van der Waals surface area contributed by atoms with Crippen LogP contribution in [0.3, 0.4) is 0 Å². The fraction of sp³-hybridized carbons (Fsp3) is 0.267. The van der Waals surface area contributed by atoms with Crippen molar-refractivity contribution in [2.45, 2.75) is 19.3 Å². The fourth-order valence-electron chi connectivity index (χ4n) is 1.93. The van der Waals surface area contributed by atoms with Gasteiger partial charge in [-0.2, -0.15) is 0 Å². The molecule has 1 atom stereocenters. The predicted molar refractivity (Wildman–Crippen MR) is 68.9 cm³/mol. The van der Waals surface area contributed by atoms with E-state index < -0.39 is 0 Å². The third kappa shape index (κ3) is 3.14. The SMILES string of the molecule is Cc1ccc(C(CO)Cc2cccnc2)cc1. The van der Waals surface area contributed by atoms with Crippen molar-refractivity contribution in [2.24, 2.45) is 0 Å². The van der Waals surface area contributed by atoms with E-state index in [-0.39, 0.29) is 12.5 Å². The molecule has 0 saturated carbocycles. The molecule has 2 heteroatoms. The van der Waals surface area contributed by atoms with E-state index in [0.717, 1.165) is 12.0 Å². The topological polar surface area (TPSA) is 33.1 Å². The van der Waals surface area contributed by atoms with Crippen LogP contribution >= 0.6 is 0 Å². The molecule has 0 saturated heterocycles. The van der Waals surface area contributed by atoms with E-state index in [4.69, 9.17) is 0 Å². The second-order valence-corrected chi connectivity index (χ2v) is 4.36. The number of benzene rings is 1. The zero-order chi connectivity index (χ0) is 12.1. The molecule has 1 unspecified atom stereocenters. The molecule has 0 amide bonds. The first kappa shape index (κ1) is 11.8. The molecule has 1 N–H and O–H groups in total. The number of aromatic nitrogens is 1. The molecule has 88 valence electrons. The summed E-state index contributed by atoms with van der Waals surface area (Å²) in [7, 11) is 0. The van der Waals surface area contributed by atoms with Crippen LogP contribution in [0.25, 0.3) is 0 Å². The fourth-order valence-corrected chi connectivity index (χ4v) is 1.93. The van der Waals surface area contributed by atoms with Crippen molar-refractivity contribution in [3.05, 3.63) is 65.5 Å². The van der Waals surface area contributed by atoms with Gasteiger partial charge in [-0.15, -0.1) is 0 Å². The maximum atomic E-state index is 9.49. The third-order valence-corrected chi connectivity index (χ3v) is 2.97. The Morgan fingerprint density at radius 1 is 1.18 bits per heavy atom. The van der Waals surface area contributed by atoms with E-state index in [2.05, 4.69) is 36.2 Å². The zero-order valence-corrected chi connectivity index (χ0v) is 10.0. The van der Waals surface area contributed by atoms with Gasteiger partial charge in [-0.25, -0.2) is 0 Å². The highest BCUT2D eigenvalue weighted by Crippen LogP contribution is 2.20. The smallest absolute Gasteiger partial charge is 0.0502 e. The Morgan fingerprint density at radius 3 is 2.53 bits per heavy atom. The number of aliphatic hydroxyl groups excluding tert-OH is 1. The molecule has 1 heterocycles. The predicted octanol–water partition coefficient (Wildman–Crippen LogP) is 2.71. The van der Waals surface area contributed by atoms with Gasteiger partial charge in [0.2, 0.25) is 0 Å². The number of rotatable bonds is 4. The minimum absolute atomic E-state index is 0.153. The molecule has 0 aliphatic heterocycles. The Balaban J connectivity index is 2.14. The van der Waals surface area contributed by atoms with Gasteiger partial charge in [-0.3, -0.25) is 4.98 Å². The number of hydrogen-bond donors (Lipinski definition) is 1. The lowest BCUT2D eigenvalue weighted by Gasteiger charge is -2.14. The summed E-state index contributed by atoms with van der Waals surface area (Å²) in [4.78, 5) is 4.10. The summed E-state index contributed by atoms with van der Waals surface area (Å²) in [6.07, 6.45) is 4.45. The quantitative estimate of drug-likeness (QED) is 0.871. The highest BCUT2D eigenvalue weighted by molar-refractivity contribution is 5.26. The first-order valence-electron chi connectivity index (χ1n) is 5.86. The van der Waals surface area contributed by atoms with Crippen molar-refractivity contribution < 1.29 is 5.11 Å². The maximum absolute atomic E-state index is 9.49. The van der Waals surface area contributed by atoms with Gasteiger partial charge in [0.15, 0.2) is 0 Å². The van der Waals surface area contributed by atoms with E-state index in [1.165, 1.54) is 11.1 Å². The Hall–Kier alpha value is -1.67. The van der Waals surface area contributed by atoms with Crippen LogP contribution in [-0.4, -0.2) is 16.7 Å². The minimum atomic E-state index is 0.153. The summed E-state index contributed by atoms with van der Waals surface area (Å²) < 4.78 is 0. The van der Waals surface area contributed by atoms with Crippen molar-refractivity contribution in [3.63, 3.8) is 0 Å². The number of pyridine rings is 1. The molecule has 1 aromatic heterocycles. The van der Waals surface area contributed by atoms with Gasteiger partial charge in [-0.1, -0.05) is 35.9 Å². The van der Waals surface area contributed by atoms with Crippen molar-refractivity contribution in [3.8, 4) is 0 Å². The Morgan fingerprint density at radius 2 is 1.94 bits per heavy atom. The average molecular weight is 227 g/mol. The van der Waals surface area contributed by atoms with Crippen LogP contribution < -0.4 is 0 Å². The number of aryl methyl sites for hydroxylation is 1. The van der Waals surface area contributed by atoms with Crippen molar-refractivity contribution in [1.29, 1.82) is 0 Å². The van der Waals surface area contributed by atoms with Gasteiger partial charge in [-0.05, 0) is 30.5 Å². The van der Waals surface area contributed by atoms with Crippen LogP contribution in [0.1, 0.15) is 22.6 Å². The Labute approximate surface area is 102 Å². The summed E-state index contributed by atoms with van der Waals surface area (Å²) in [6, 6.07) is 12.3. The van der Waals surface area contributed by atoms with E-state index in [1.54, 1.807) is 6.20 Å². The molecule has 17 heavy (non-hydrogen) atoms. The van der Waals surface area contributed by atoms with E-state index in [1.807, 2.05) is 18.3 Å². The molecule has 1 aromatic carbocycles. The Bertz CT molecular complexity index is 450. The monoisotopic (exact) mass is 227 g/mol. The van der Waals surface area contributed by atoms with Crippen LogP contribution in [0.5, 0.6) is 0 Å². The molecule has 2 aromatic rings. The first-order chi connectivity index (χ1) is 8.29. The number of nitrogens with zero attached hydrogens (tertiary/aromatic N) is 1. The molecule has 2 rings (SSSR count). The van der Waals surface area contributed by atoms with E-state index >= 15 is 0 Å². The average Bonchev–Trinajstić information content (AvgIpc) is 2.38. The highest BCUT2D eigenvalue weighted by Gasteiger charge is 2.11. The zero-order valence-electron chi connectivity index (χ0n) is 10.0. The summed E-state index contributed by atoms with van der Waals surface area (Å²) in [5.41, 5.74) is 3.58. The van der Waals surface area contributed by atoms with Gasteiger partial charge < -0.3 is 5.11 Å². The minimum Gasteiger partial charge on any atom is -0.396 e. The van der Waals surface area contributed by atoms with Crippen LogP contribution in [-0.2, 0) is 6.42 Å². The molecule has 0 aliphatic carbocycles. The molecule has 0 fully saturated rings. The van der Waals surface area contributed by atoms with Crippen molar-refractivity contribution in [1.82, 2.24) is 4.98 Å². The maximum Gasteiger partial charge on any atom is 0.0502 e. The van der Waals surface area contributed by atoms with Crippen LogP contribution in [0.4, 0.5) is 0 Å². The van der Waals surface area contributed by atoms with Gasteiger partial charge in [0, 0.05) is 18.3 Å². The van der Waals surface area contributed by atoms with Gasteiger partial charge in [0.05, 0.1) is 6.61 Å². The molecule has 0 bridgehead atoms. The van der Waals surface area contributed by atoms with Crippen LogP contribution in [0, 0.1) is 6.92 Å². The van der Waals surface area contributed by atoms with E-state index in [9.17, 15) is 5.11 Å². The number of aliphatic hydroxyl groups is 1. The van der Waals surface area contributed by atoms with Gasteiger partial charge >= 0.3 is 0 Å². The molecular formula is C15H17NO. The molecule has 2 nitrogen and oxygen atoms in total. The normalized spacial score (nSPS) is 12.4. The molecule has 0 spiro atoms. The molecule has 0 aliphatic rings. The summed E-state index contributed by atoms with van der Waals surface area (Å²) in [6.45, 7) is 2.23. The highest BCUT2D eigenvalue weighted by atomic mass is 16.3. The molecular weight excluding hydrogens is 210 g/mol. The lowest BCUT2D eigenvalue weighted by molar-refractivity contribution is 0.264. The van der Waals surface area contributed by atoms with Gasteiger partial charge in [0.1, 0.15) is 0 Å². The first-order valence-corrected chi connectivity index (χ1v) is 5.86. The summed E-state index contributed by atoms with van der Waals surface area (Å²) >= 11 is 0. The number of hydrogen-bond acceptors (Lipinski definition) is 2. The van der Waals surface area contributed by atoms with E-state index in [0.29, 0.717) is 0 Å². The molecule has 0 radical (unpaired) electrons. The third-order valence-electron chi connectivity index (χ3n) is 2.97.